The summed E-state index contributed by atoms with van der Waals surface area (Å²) < 4.78 is 15.1. The summed E-state index contributed by atoms with van der Waals surface area (Å²) in [7, 11) is 0. The lowest BCUT2D eigenvalue weighted by molar-refractivity contribution is 0.606. The van der Waals surface area contributed by atoms with Crippen LogP contribution in [0, 0.1) is 5.82 Å². The molecule has 1 atom stereocenters. The Hall–Kier alpha value is -1.68. The SMILES string of the molecule is C[C@@H](N)c1ccc(-n2cccn2)c(F)c1. The second kappa shape index (κ2) is 3.82. The summed E-state index contributed by atoms with van der Waals surface area (Å²) in [6, 6.07) is 6.53. The van der Waals surface area contributed by atoms with Crippen LogP contribution in [0.15, 0.2) is 36.7 Å². The molecule has 2 rings (SSSR count). The smallest absolute Gasteiger partial charge is 0.149 e. The monoisotopic (exact) mass is 205 g/mol. The third kappa shape index (κ3) is 1.89. The fourth-order valence-electron chi connectivity index (χ4n) is 1.40. The average Bonchev–Trinajstić information content (AvgIpc) is 2.70. The molecule has 0 aliphatic rings. The van der Waals surface area contributed by atoms with Gasteiger partial charge in [-0.1, -0.05) is 6.07 Å². The van der Waals surface area contributed by atoms with Crippen molar-refractivity contribution < 1.29 is 4.39 Å². The minimum atomic E-state index is -0.312. The van der Waals surface area contributed by atoms with E-state index < -0.39 is 0 Å². The van der Waals surface area contributed by atoms with Gasteiger partial charge in [-0.05, 0) is 30.7 Å². The highest BCUT2D eigenvalue weighted by molar-refractivity contribution is 5.36. The minimum Gasteiger partial charge on any atom is -0.324 e. The molecule has 0 unspecified atom stereocenters. The predicted octanol–water partition coefficient (Wildman–Crippen LogP) is 2.03. The van der Waals surface area contributed by atoms with E-state index in [4.69, 9.17) is 5.73 Å². The first-order valence-electron chi connectivity index (χ1n) is 4.73. The van der Waals surface area contributed by atoms with Crippen molar-refractivity contribution in [2.24, 2.45) is 5.73 Å². The molecule has 0 fully saturated rings. The fraction of sp³-hybridized carbons (Fsp3) is 0.182. The third-order valence-electron chi connectivity index (χ3n) is 2.25. The first kappa shape index (κ1) is 9.86. The molecule has 0 saturated carbocycles. The fourth-order valence-corrected chi connectivity index (χ4v) is 1.40. The van der Waals surface area contributed by atoms with Crippen LogP contribution in [0.3, 0.4) is 0 Å². The molecule has 0 amide bonds. The van der Waals surface area contributed by atoms with Crippen LogP contribution in [-0.2, 0) is 0 Å². The Balaban J connectivity index is 2.44. The maximum atomic E-state index is 13.7. The molecule has 1 aromatic carbocycles. The van der Waals surface area contributed by atoms with Crippen LogP contribution in [0.2, 0.25) is 0 Å². The second-order valence-electron chi connectivity index (χ2n) is 3.45. The van der Waals surface area contributed by atoms with E-state index in [1.54, 1.807) is 24.5 Å². The average molecular weight is 205 g/mol. The number of aromatic nitrogens is 2. The van der Waals surface area contributed by atoms with Crippen LogP contribution in [0.1, 0.15) is 18.5 Å². The van der Waals surface area contributed by atoms with Gasteiger partial charge in [0.15, 0.2) is 0 Å². The lowest BCUT2D eigenvalue weighted by Crippen LogP contribution is -2.06. The Morgan fingerprint density at radius 2 is 2.27 bits per heavy atom. The lowest BCUT2D eigenvalue weighted by atomic mass is 10.1. The van der Waals surface area contributed by atoms with Crippen LogP contribution < -0.4 is 5.73 Å². The van der Waals surface area contributed by atoms with Crippen molar-refractivity contribution in [1.29, 1.82) is 0 Å². The molecule has 0 bridgehead atoms. The maximum Gasteiger partial charge on any atom is 0.149 e. The summed E-state index contributed by atoms with van der Waals surface area (Å²) in [5.74, 6) is -0.312. The van der Waals surface area contributed by atoms with E-state index in [1.807, 2.05) is 13.0 Å². The molecule has 4 heteroatoms. The summed E-state index contributed by atoms with van der Waals surface area (Å²) in [6.45, 7) is 1.82. The zero-order chi connectivity index (χ0) is 10.8. The van der Waals surface area contributed by atoms with E-state index in [0.29, 0.717) is 5.69 Å². The number of rotatable bonds is 2. The van der Waals surface area contributed by atoms with Crippen molar-refractivity contribution in [2.75, 3.05) is 0 Å². The maximum absolute atomic E-state index is 13.7. The summed E-state index contributed by atoms with van der Waals surface area (Å²) in [6.07, 6.45) is 3.31. The Bertz CT molecular complexity index is 449. The van der Waals surface area contributed by atoms with E-state index in [2.05, 4.69) is 5.10 Å². The second-order valence-corrected chi connectivity index (χ2v) is 3.45. The quantitative estimate of drug-likeness (QED) is 0.815. The standard InChI is InChI=1S/C11H12FN3/c1-8(13)9-3-4-11(10(12)7-9)15-6-2-5-14-15/h2-8H,13H2,1H3/t8-/m1/s1. The molecule has 0 radical (unpaired) electrons. The van der Waals surface area contributed by atoms with Crippen LogP contribution in [0.25, 0.3) is 5.69 Å². The summed E-state index contributed by atoms with van der Waals surface area (Å²) in [4.78, 5) is 0. The normalized spacial score (nSPS) is 12.7. The van der Waals surface area contributed by atoms with Gasteiger partial charge in [-0.15, -0.1) is 0 Å². The topological polar surface area (TPSA) is 43.8 Å². The van der Waals surface area contributed by atoms with Crippen molar-refractivity contribution in [3.05, 3.63) is 48.0 Å². The number of halogens is 1. The Morgan fingerprint density at radius 1 is 1.47 bits per heavy atom. The van der Waals surface area contributed by atoms with Gasteiger partial charge >= 0.3 is 0 Å². The van der Waals surface area contributed by atoms with Gasteiger partial charge in [0.2, 0.25) is 0 Å². The predicted molar refractivity (Wildman–Crippen MR) is 56.1 cm³/mol. The Kier molecular flexibility index (Phi) is 2.51. The summed E-state index contributed by atoms with van der Waals surface area (Å²) in [5, 5.41) is 3.97. The molecule has 1 aromatic heterocycles. The molecule has 15 heavy (non-hydrogen) atoms. The highest BCUT2D eigenvalue weighted by Gasteiger charge is 2.07. The minimum absolute atomic E-state index is 0.161. The first-order chi connectivity index (χ1) is 7.18. The molecular weight excluding hydrogens is 193 g/mol. The highest BCUT2D eigenvalue weighted by atomic mass is 19.1. The van der Waals surface area contributed by atoms with Gasteiger partial charge < -0.3 is 5.73 Å². The van der Waals surface area contributed by atoms with E-state index in [0.717, 1.165) is 5.56 Å². The van der Waals surface area contributed by atoms with E-state index in [9.17, 15) is 4.39 Å². The van der Waals surface area contributed by atoms with Crippen molar-refractivity contribution in [3.63, 3.8) is 0 Å². The van der Waals surface area contributed by atoms with E-state index >= 15 is 0 Å². The molecule has 0 aliphatic heterocycles. The van der Waals surface area contributed by atoms with Crippen LogP contribution in [-0.4, -0.2) is 9.78 Å². The molecule has 2 aromatic rings. The highest BCUT2D eigenvalue weighted by Crippen LogP contribution is 2.17. The zero-order valence-corrected chi connectivity index (χ0v) is 8.39. The molecule has 78 valence electrons. The van der Waals surface area contributed by atoms with Crippen LogP contribution in [0.4, 0.5) is 4.39 Å². The van der Waals surface area contributed by atoms with Gasteiger partial charge in [-0.2, -0.15) is 5.10 Å². The summed E-state index contributed by atoms with van der Waals surface area (Å²) >= 11 is 0. The van der Waals surface area contributed by atoms with Crippen molar-refractivity contribution >= 4 is 0 Å². The molecule has 3 nitrogen and oxygen atoms in total. The molecular formula is C11H12FN3. The Morgan fingerprint density at radius 3 is 2.80 bits per heavy atom. The Labute approximate surface area is 87.3 Å². The van der Waals surface area contributed by atoms with Gasteiger partial charge in [-0.25, -0.2) is 9.07 Å². The van der Waals surface area contributed by atoms with Crippen molar-refractivity contribution in [1.82, 2.24) is 9.78 Å². The van der Waals surface area contributed by atoms with E-state index in [-0.39, 0.29) is 11.9 Å². The zero-order valence-electron chi connectivity index (χ0n) is 8.39. The molecule has 1 heterocycles. The molecule has 0 saturated heterocycles. The first-order valence-corrected chi connectivity index (χ1v) is 4.73. The van der Waals surface area contributed by atoms with Gasteiger partial charge in [-0.3, -0.25) is 0 Å². The largest absolute Gasteiger partial charge is 0.324 e. The van der Waals surface area contributed by atoms with E-state index in [1.165, 1.54) is 10.7 Å². The van der Waals surface area contributed by atoms with Gasteiger partial charge in [0, 0.05) is 18.4 Å². The summed E-state index contributed by atoms with van der Waals surface area (Å²) in [5.41, 5.74) is 6.88. The number of hydrogen-bond acceptors (Lipinski definition) is 2. The number of nitrogens with zero attached hydrogens (tertiary/aromatic N) is 2. The van der Waals surface area contributed by atoms with Gasteiger partial charge in [0.05, 0.1) is 0 Å². The van der Waals surface area contributed by atoms with Crippen LogP contribution in [0.5, 0.6) is 0 Å². The van der Waals surface area contributed by atoms with Crippen LogP contribution >= 0.6 is 0 Å². The van der Waals surface area contributed by atoms with Gasteiger partial charge in [0.1, 0.15) is 11.5 Å². The van der Waals surface area contributed by atoms with Crippen molar-refractivity contribution in [3.8, 4) is 5.69 Å². The number of nitrogens with two attached hydrogens (primary N) is 1. The third-order valence-corrected chi connectivity index (χ3v) is 2.25. The molecule has 0 spiro atoms. The lowest BCUT2D eigenvalue weighted by Gasteiger charge is -2.08. The number of hydrogen-bond donors (Lipinski definition) is 1. The van der Waals surface area contributed by atoms with Gasteiger partial charge in [0.25, 0.3) is 0 Å². The molecule has 0 aliphatic carbocycles. The van der Waals surface area contributed by atoms with Crippen molar-refractivity contribution in [2.45, 2.75) is 13.0 Å². The molecule has 2 N–H and O–H groups in total. The number of benzene rings is 1.